The first kappa shape index (κ1) is 28.0. The highest BCUT2D eigenvalue weighted by Gasteiger charge is 2.13. The number of nitrogens with zero attached hydrogens (tertiary/aromatic N) is 1. The molecule has 0 aromatic heterocycles. The van der Waals surface area contributed by atoms with Gasteiger partial charge in [-0.3, -0.25) is 0 Å². The predicted molar refractivity (Wildman–Crippen MR) is 153 cm³/mol. The lowest BCUT2D eigenvalue weighted by Crippen LogP contribution is -2.17. The van der Waals surface area contributed by atoms with Crippen LogP contribution in [0.3, 0.4) is 0 Å². The van der Waals surface area contributed by atoms with Crippen molar-refractivity contribution in [1.82, 2.24) is 5.32 Å². The maximum Gasteiger partial charge on any atom is 0.161 e. The van der Waals surface area contributed by atoms with Crippen LogP contribution in [0.4, 0.5) is 0 Å². The molecule has 200 valence electrons. The highest BCUT2D eigenvalue weighted by atomic mass is 79.9. The van der Waals surface area contributed by atoms with Gasteiger partial charge in [0.05, 0.1) is 32.5 Å². The zero-order valence-corrected chi connectivity index (χ0v) is 23.3. The normalized spacial score (nSPS) is 10.5. The molecule has 0 aliphatic rings. The summed E-state index contributed by atoms with van der Waals surface area (Å²) in [4.78, 5) is 0. The Labute approximate surface area is 236 Å². The van der Waals surface area contributed by atoms with Gasteiger partial charge in [0, 0.05) is 34.8 Å². The highest BCUT2D eigenvalue weighted by molar-refractivity contribution is 9.10. The van der Waals surface area contributed by atoms with E-state index in [9.17, 15) is 5.26 Å². The SMILES string of the molecule is COc1ccc(-c2cccc(COc3ccc(CNCCO)c(Oc4cccc(C#N)c4)c3)c2Br)cc1OC. The van der Waals surface area contributed by atoms with E-state index in [1.54, 1.807) is 38.5 Å². The Kier molecular flexibility index (Phi) is 9.81. The Morgan fingerprint density at radius 1 is 0.846 bits per heavy atom. The minimum Gasteiger partial charge on any atom is -0.493 e. The largest absolute Gasteiger partial charge is 0.493 e. The van der Waals surface area contributed by atoms with E-state index in [4.69, 9.17) is 24.1 Å². The number of benzene rings is 4. The number of hydrogen-bond donors (Lipinski definition) is 2. The van der Waals surface area contributed by atoms with Crippen LogP contribution >= 0.6 is 15.9 Å². The molecule has 4 aromatic rings. The lowest BCUT2D eigenvalue weighted by molar-refractivity contribution is 0.291. The van der Waals surface area contributed by atoms with Crippen molar-refractivity contribution in [2.45, 2.75) is 13.2 Å². The van der Waals surface area contributed by atoms with Crippen LogP contribution in [0.2, 0.25) is 0 Å². The van der Waals surface area contributed by atoms with Crippen molar-refractivity contribution in [2.75, 3.05) is 27.4 Å². The van der Waals surface area contributed by atoms with Crippen LogP contribution in [0, 0.1) is 11.3 Å². The van der Waals surface area contributed by atoms with Crippen LogP contribution in [-0.4, -0.2) is 32.5 Å². The number of ether oxygens (including phenoxy) is 4. The molecular formula is C31H29BrN2O5. The second kappa shape index (κ2) is 13.7. The van der Waals surface area contributed by atoms with Crippen LogP contribution in [-0.2, 0) is 13.2 Å². The Morgan fingerprint density at radius 2 is 1.67 bits per heavy atom. The Hall–Kier alpha value is -4.03. The first-order valence-corrected chi connectivity index (χ1v) is 13.1. The molecule has 39 heavy (non-hydrogen) atoms. The zero-order valence-electron chi connectivity index (χ0n) is 21.7. The van der Waals surface area contributed by atoms with Crippen molar-refractivity contribution in [3.8, 4) is 45.9 Å². The van der Waals surface area contributed by atoms with E-state index in [1.165, 1.54) is 0 Å². The van der Waals surface area contributed by atoms with Gasteiger partial charge in [-0.1, -0.05) is 36.4 Å². The lowest BCUT2D eigenvalue weighted by atomic mass is 10.0. The molecule has 0 radical (unpaired) electrons. The molecule has 0 fully saturated rings. The van der Waals surface area contributed by atoms with Crippen LogP contribution in [0.15, 0.2) is 83.3 Å². The summed E-state index contributed by atoms with van der Waals surface area (Å²) in [5.74, 6) is 3.12. The number of halogens is 1. The summed E-state index contributed by atoms with van der Waals surface area (Å²) in [7, 11) is 3.23. The minimum atomic E-state index is 0.0405. The lowest BCUT2D eigenvalue weighted by Gasteiger charge is -2.16. The van der Waals surface area contributed by atoms with Crippen LogP contribution in [0.25, 0.3) is 11.1 Å². The van der Waals surface area contributed by atoms with Gasteiger partial charge in [-0.25, -0.2) is 0 Å². The van der Waals surface area contributed by atoms with Gasteiger partial charge in [-0.15, -0.1) is 0 Å². The number of aliphatic hydroxyl groups excluding tert-OH is 1. The summed E-state index contributed by atoms with van der Waals surface area (Å²) in [5, 5.41) is 21.5. The van der Waals surface area contributed by atoms with Crippen molar-refractivity contribution < 1.29 is 24.1 Å². The summed E-state index contributed by atoms with van der Waals surface area (Å²) >= 11 is 3.76. The fraction of sp³-hybridized carbons (Fsp3) is 0.194. The van der Waals surface area contributed by atoms with E-state index in [1.807, 2.05) is 54.6 Å². The number of nitriles is 1. The molecule has 0 spiro atoms. The summed E-state index contributed by atoms with van der Waals surface area (Å²) < 4.78 is 24.1. The standard InChI is InChI=1S/C31H29BrN2O5/c1-36-28-12-10-22(16-30(28)37-2)27-8-4-6-24(31(27)32)20-38-25-11-9-23(19-34-13-14-35)29(17-25)39-26-7-3-5-21(15-26)18-33/h3-12,15-17,34-35H,13-14,19-20H2,1-2H3. The van der Waals surface area contributed by atoms with Crippen LogP contribution in [0.5, 0.6) is 28.7 Å². The van der Waals surface area contributed by atoms with Gasteiger partial charge in [-0.05, 0) is 63.5 Å². The molecule has 4 rings (SSSR count). The van der Waals surface area contributed by atoms with E-state index in [-0.39, 0.29) is 6.61 Å². The summed E-state index contributed by atoms with van der Waals surface area (Å²) in [6.45, 7) is 1.34. The van der Waals surface area contributed by atoms with Crippen molar-refractivity contribution in [3.05, 3.63) is 100 Å². The molecule has 0 saturated carbocycles. The fourth-order valence-electron chi connectivity index (χ4n) is 4.00. The van der Waals surface area contributed by atoms with Gasteiger partial charge in [-0.2, -0.15) is 5.26 Å². The molecule has 8 heteroatoms. The average molecular weight is 589 g/mol. The predicted octanol–water partition coefficient (Wildman–Crippen LogP) is 6.46. The van der Waals surface area contributed by atoms with Gasteiger partial charge in [0.1, 0.15) is 23.9 Å². The van der Waals surface area contributed by atoms with Gasteiger partial charge in [0.2, 0.25) is 0 Å². The average Bonchev–Trinajstić information content (AvgIpc) is 2.97. The third kappa shape index (κ3) is 7.09. The molecule has 0 aliphatic heterocycles. The number of methoxy groups -OCH3 is 2. The summed E-state index contributed by atoms with van der Waals surface area (Å²) in [5.41, 5.74) is 4.37. The summed E-state index contributed by atoms with van der Waals surface area (Å²) in [6, 6.07) is 26.6. The smallest absolute Gasteiger partial charge is 0.161 e. The van der Waals surface area contributed by atoms with Gasteiger partial charge < -0.3 is 29.4 Å². The first-order chi connectivity index (χ1) is 19.1. The maximum absolute atomic E-state index is 9.24. The number of rotatable bonds is 12. The van der Waals surface area contributed by atoms with Gasteiger partial charge in [0.15, 0.2) is 11.5 Å². The quantitative estimate of drug-likeness (QED) is 0.183. The number of aliphatic hydroxyl groups is 1. The monoisotopic (exact) mass is 588 g/mol. The van der Waals surface area contributed by atoms with E-state index in [0.29, 0.717) is 54.0 Å². The molecular weight excluding hydrogens is 560 g/mol. The van der Waals surface area contributed by atoms with Crippen LogP contribution in [0.1, 0.15) is 16.7 Å². The third-order valence-electron chi connectivity index (χ3n) is 6.00. The van der Waals surface area contributed by atoms with Crippen molar-refractivity contribution in [2.24, 2.45) is 0 Å². The van der Waals surface area contributed by atoms with E-state index >= 15 is 0 Å². The van der Waals surface area contributed by atoms with Gasteiger partial charge >= 0.3 is 0 Å². The topological polar surface area (TPSA) is 93.0 Å². The minimum absolute atomic E-state index is 0.0405. The molecule has 0 bridgehead atoms. The van der Waals surface area contributed by atoms with Gasteiger partial charge in [0.25, 0.3) is 0 Å². The van der Waals surface area contributed by atoms with E-state index < -0.39 is 0 Å². The molecule has 0 aliphatic carbocycles. The Balaban J connectivity index is 1.56. The number of nitrogens with one attached hydrogen (secondary N) is 1. The molecule has 0 atom stereocenters. The summed E-state index contributed by atoms with van der Waals surface area (Å²) in [6.07, 6.45) is 0. The number of hydrogen-bond acceptors (Lipinski definition) is 7. The molecule has 0 heterocycles. The Morgan fingerprint density at radius 3 is 2.44 bits per heavy atom. The van der Waals surface area contributed by atoms with Crippen molar-refractivity contribution in [3.63, 3.8) is 0 Å². The van der Waals surface area contributed by atoms with Crippen LogP contribution < -0.4 is 24.3 Å². The Bertz CT molecular complexity index is 1470. The van der Waals surface area contributed by atoms with Crippen molar-refractivity contribution >= 4 is 15.9 Å². The molecule has 4 aromatic carbocycles. The molecule has 0 unspecified atom stereocenters. The van der Waals surface area contributed by atoms with E-state index in [2.05, 4.69) is 27.3 Å². The molecule has 0 amide bonds. The first-order valence-electron chi connectivity index (χ1n) is 12.3. The third-order valence-corrected chi connectivity index (χ3v) is 6.94. The molecule has 7 nitrogen and oxygen atoms in total. The second-order valence-electron chi connectivity index (χ2n) is 8.55. The zero-order chi connectivity index (χ0) is 27.6. The fourth-order valence-corrected chi connectivity index (χ4v) is 4.61. The van der Waals surface area contributed by atoms with Crippen molar-refractivity contribution in [1.29, 1.82) is 5.26 Å². The maximum atomic E-state index is 9.24. The second-order valence-corrected chi connectivity index (χ2v) is 9.34. The van der Waals surface area contributed by atoms with E-state index in [0.717, 1.165) is 26.7 Å². The highest BCUT2D eigenvalue weighted by Crippen LogP contribution is 2.37. The molecule has 2 N–H and O–H groups in total. The molecule has 0 saturated heterocycles.